The van der Waals surface area contributed by atoms with Crippen molar-refractivity contribution in [2.45, 2.75) is 32.7 Å². The van der Waals surface area contributed by atoms with Gasteiger partial charge in [0.25, 0.3) is 0 Å². The predicted octanol–water partition coefficient (Wildman–Crippen LogP) is 5.25. The van der Waals surface area contributed by atoms with Gasteiger partial charge in [0.15, 0.2) is 0 Å². The van der Waals surface area contributed by atoms with Crippen molar-refractivity contribution in [1.29, 1.82) is 0 Å². The van der Waals surface area contributed by atoms with Crippen LogP contribution < -0.4 is 5.32 Å². The van der Waals surface area contributed by atoms with Crippen LogP contribution in [0, 0.1) is 0 Å². The van der Waals surface area contributed by atoms with Crippen molar-refractivity contribution >= 4 is 17.3 Å². The van der Waals surface area contributed by atoms with Crippen molar-refractivity contribution in [3.63, 3.8) is 0 Å². The van der Waals surface area contributed by atoms with E-state index in [1.54, 1.807) is 0 Å². The number of rotatable bonds is 3. The third-order valence-electron chi connectivity index (χ3n) is 3.13. The first-order valence-electron chi connectivity index (χ1n) is 6.54. The van der Waals surface area contributed by atoms with E-state index >= 15 is 0 Å². The Hall–Kier alpha value is -1.47. The highest BCUT2D eigenvalue weighted by Gasteiger charge is 2.16. The molecule has 0 spiro atoms. The molecule has 19 heavy (non-hydrogen) atoms. The van der Waals surface area contributed by atoms with E-state index in [1.807, 2.05) is 12.1 Å². The molecule has 0 aromatic heterocycles. The molecule has 0 saturated heterocycles. The second-order valence-corrected chi connectivity index (χ2v) is 6.21. The Kier molecular flexibility index (Phi) is 4.16. The lowest BCUT2D eigenvalue weighted by Gasteiger charge is -2.23. The topological polar surface area (TPSA) is 12.0 Å². The summed E-state index contributed by atoms with van der Waals surface area (Å²) in [5, 5.41) is 4.29. The van der Waals surface area contributed by atoms with Gasteiger partial charge in [0, 0.05) is 17.3 Å². The van der Waals surface area contributed by atoms with Crippen LogP contribution in [0.25, 0.3) is 0 Å². The van der Waals surface area contributed by atoms with Gasteiger partial charge in [-0.2, -0.15) is 0 Å². The highest BCUT2D eigenvalue weighted by atomic mass is 35.5. The number of anilines is 1. The lowest BCUT2D eigenvalue weighted by molar-refractivity contribution is 0.591. The lowest BCUT2D eigenvalue weighted by atomic mass is 9.86. The fraction of sp³-hybridized carbons (Fsp3) is 0.294. The molecule has 0 aliphatic carbocycles. The van der Waals surface area contributed by atoms with Gasteiger partial charge in [-0.3, -0.25) is 0 Å². The Balaban J connectivity index is 2.14. The maximum absolute atomic E-state index is 5.89. The molecular weight excluding hydrogens is 254 g/mol. The molecule has 0 aliphatic rings. The quantitative estimate of drug-likeness (QED) is 0.805. The van der Waals surface area contributed by atoms with Gasteiger partial charge in [-0.05, 0) is 34.7 Å². The molecule has 2 aromatic rings. The van der Waals surface area contributed by atoms with Crippen LogP contribution in [-0.4, -0.2) is 0 Å². The van der Waals surface area contributed by atoms with Crippen molar-refractivity contribution in [1.82, 2.24) is 0 Å². The van der Waals surface area contributed by atoms with Crippen LogP contribution in [-0.2, 0) is 12.0 Å². The molecule has 2 rings (SSSR count). The zero-order valence-electron chi connectivity index (χ0n) is 11.7. The maximum atomic E-state index is 5.89. The Morgan fingerprint density at radius 3 is 2.21 bits per heavy atom. The monoisotopic (exact) mass is 273 g/mol. The van der Waals surface area contributed by atoms with Crippen LogP contribution in [0.15, 0.2) is 48.5 Å². The van der Waals surface area contributed by atoms with Gasteiger partial charge in [-0.25, -0.2) is 0 Å². The summed E-state index contributed by atoms with van der Waals surface area (Å²) < 4.78 is 0. The van der Waals surface area contributed by atoms with E-state index in [1.165, 1.54) is 16.8 Å². The minimum absolute atomic E-state index is 0.142. The summed E-state index contributed by atoms with van der Waals surface area (Å²) in [5.41, 5.74) is 3.91. The van der Waals surface area contributed by atoms with E-state index in [4.69, 9.17) is 11.6 Å². The van der Waals surface area contributed by atoms with Crippen molar-refractivity contribution in [3.05, 3.63) is 64.7 Å². The standard InChI is InChI=1S/C17H20ClN/c1-17(2,3)15-6-4-5-7-16(15)19-12-13-8-10-14(18)11-9-13/h4-11,19H,12H2,1-3H3. The largest absolute Gasteiger partial charge is 0.381 e. The van der Waals surface area contributed by atoms with Crippen LogP contribution in [0.3, 0.4) is 0 Å². The summed E-state index contributed by atoms with van der Waals surface area (Å²) in [4.78, 5) is 0. The van der Waals surface area contributed by atoms with Gasteiger partial charge in [0.1, 0.15) is 0 Å². The van der Waals surface area contributed by atoms with Crippen LogP contribution in [0.1, 0.15) is 31.9 Å². The third-order valence-corrected chi connectivity index (χ3v) is 3.38. The summed E-state index contributed by atoms with van der Waals surface area (Å²) in [6.07, 6.45) is 0. The minimum Gasteiger partial charge on any atom is -0.381 e. The van der Waals surface area contributed by atoms with Gasteiger partial charge < -0.3 is 5.32 Å². The first-order valence-corrected chi connectivity index (χ1v) is 6.92. The molecule has 2 heteroatoms. The van der Waals surface area contributed by atoms with Crippen molar-refractivity contribution < 1.29 is 0 Å². The first-order chi connectivity index (χ1) is 8.97. The average molecular weight is 274 g/mol. The van der Waals surface area contributed by atoms with Crippen LogP contribution >= 0.6 is 11.6 Å². The maximum Gasteiger partial charge on any atom is 0.0406 e. The summed E-state index contributed by atoms with van der Waals surface area (Å²) in [6, 6.07) is 16.4. The fourth-order valence-electron chi connectivity index (χ4n) is 2.09. The molecule has 100 valence electrons. The first kappa shape index (κ1) is 14.0. The Morgan fingerprint density at radius 2 is 1.58 bits per heavy atom. The highest BCUT2D eigenvalue weighted by Crippen LogP contribution is 2.29. The minimum atomic E-state index is 0.142. The summed E-state index contributed by atoms with van der Waals surface area (Å²) >= 11 is 5.89. The SMILES string of the molecule is CC(C)(C)c1ccccc1NCc1ccc(Cl)cc1. The van der Waals surface area contributed by atoms with Crippen molar-refractivity contribution in [2.75, 3.05) is 5.32 Å². The van der Waals surface area contributed by atoms with Crippen LogP contribution in [0.2, 0.25) is 5.02 Å². The number of para-hydroxylation sites is 1. The lowest BCUT2D eigenvalue weighted by Crippen LogP contribution is -2.14. The summed E-state index contributed by atoms with van der Waals surface area (Å²) in [6.45, 7) is 7.51. The van der Waals surface area contributed by atoms with E-state index in [0.717, 1.165) is 11.6 Å². The Morgan fingerprint density at radius 1 is 0.947 bits per heavy atom. The van der Waals surface area contributed by atoms with Crippen LogP contribution in [0.4, 0.5) is 5.69 Å². The highest BCUT2D eigenvalue weighted by molar-refractivity contribution is 6.30. The fourth-order valence-corrected chi connectivity index (χ4v) is 2.22. The van der Waals surface area contributed by atoms with Gasteiger partial charge in [0.2, 0.25) is 0 Å². The molecule has 0 unspecified atom stereocenters. The Labute approximate surface area is 120 Å². The van der Waals surface area contributed by atoms with Gasteiger partial charge in [-0.1, -0.05) is 62.7 Å². The molecule has 0 atom stereocenters. The summed E-state index contributed by atoms with van der Waals surface area (Å²) in [5.74, 6) is 0. The van der Waals surface area contributed by atoms with E-state index < -0.39 is 0 Å². The normalized spacial score (nSPS) is 11.4. The number of hydrogen-bond acceptors (Lipinski definition) is 1. The molecule has 0 fully saturated rings. The number of benzene rings is 2. The molecule has 0 saturated carbocycles. The average Bonchev–Trinajstić information content (AvgIpc) is 2.37. The zero-order chi connectivity index (χ0) is 13.9. The molecule has 0 heterocycles. The second kappa shape index (κ2) is 5.66. The summed E-state index contributed by atoms with van der Waals surface area (Å²) in [7, 11) is 0. The van der Waals surface area contributed by atoms with E-state index in [-0.39, 0.29) is 5.41 Å². The van der Waals surface area contributed by atoms with E-state index in [0.29, 0.717) is 0 Å². The van der Waals surface area contributed by atoms with Crippen molar-refractivity contribution in [2.24, 2.45) is 0 Å². The Bertz CT molecular complexity index is 538. The smallest absolute Gasteiger partial charge is 0.0406 e. The van der Waals surface area contributed by atoms with Crippen LogP contribution in [0.5, 0.6) is 0 Å². The molecule has 0 radical (unpaired) electrons. The molecule has 0 amide bonds. The molecule has 0 aliphatic heterocycles. The third kappa shape index (κ3) is 3.74. The van der Waals surface area contributed by atoms with Gasteiger partial charge in [-0.15, -0.1) is 0 Å². The zero-order valence-corrected chi connectivity index (χ0v) is 12.5. The molecule has 2 aromatic carbocycles. The van der Waals surface area contributed by atoms with Gasteiger partial charge in [0.05, 0.1) is 0 Å². The molecule has 1 N–H and O–H groups in total. The number of hydrogen-bond donors (Lipinski definition) is 1. The van der Waals surface area contributed by atoms with Crippen molar-refractivity contribution in [3.8, 4) is 0 Å². The van der Waals surface area contributed by atoms with E-state index in [2.05, 4.69) is 62.5 Å². The van der Waals surface area contributed by atoms with E-state index in [9.17, 15) is 0 Å². The van der Waals surface area contributed by atoms with Gasteiger partial charge >= 0.3 is 0 Å². The molecule has 0 bridgehead atoms. The number of nitrogens with one attached hydrogen (secondary N) is 1. The number of halogens is 1. The second-order valence-electron chi connectivity index (χ2n) is 5.78. The molecule has 1 nitrogen and oxygen atoms in total. The molecular formula is C17H20ClN. The predicted molar refractivity (Wildman–Crippen MR) is 83.9 cm³/mol.